The van der Waals surface area contributed by atoms with E-state index < -0.39 is 10.0 Å². The Morgan fingerprint density at radius 3 is 2.66 bits per heavy atom. The van der Waals surface area contributed by atoms with Crippen LogP contribution in [0.2, 0.25) is 0 Å². The van der Waals surface area contributed by atoms with Gasteiger partial charge in [0.15, 0.2) is 0 Å². The molecule has 32 heavy (non-hydrogen) atoms. The summed E-state index contributed by atoms with van der Waals surface area (Å²) in [6.45, 7) is 0.609. The number of H-pyrrole nitrogens is 1. The van der Waals surface area contributed by atoms with Gasteiger partial charge in [0, 0.05) is 24.7 Å². The number of benzene rings is 2. The summed E-state index contributed by atoms with van der Waals surface area (Å²) < 4.78 is 27.7. The van der Waals surface area contributed by atoms with Crippen molar-refractivity contribution in [3.63, 3.8) is 0 Å². The van der Waals surface area contributed by atoms with E-state index in [1.54, 1.807) is 24.3 Å². The second-order valence-corrected chi connectivity index (χ2v) is 10.4. The molecule has 1 amide bonds. The Labute approximate surface area is 185 Å². The zero-order chi connectivity index (χ0) is 22.3. The number of carbonyl (C=O) groups is 1. The zero-order valence-corrected chi connectivity index (χ0v) is 18.3. The van der Waals surface area contributed by atoms with E-state index in [-0.39, 0.29) is 17.4 Å². The van der Waals surface area contributed by atoms with Crippen LogP contribution in [0.4, 0.5) is 5.69 Å². The minimum absolute atomic E-state index is 0.167. The number of hydrogen-bond donors (Lipinski definition) is 2. The molecule has 0 bridgehead atoms. The third kappa shape index (κ3) is 3.82. The lowest BCUT2D eigenvalue weighted by molar-refractivity contribution is -0.120. The van der Waals surface area contributed by atoms with Crippen LogP contribution in [0.25, 0.3) is 10.9 Å². The Balaban J connectivity index is 1.25. The minimum Gasteiger partial charge on any atom is -0.326 e. The Kier molecular flexibility index (Phi) is 5.30. The van der Waals surface area contributed by atoms with E-state index >= 15 is 0 Å². The van der Waals surface area contributed by atoms with Gasteiger partial charge in [0.05, 0.1) is 22.1 Å². The summed E-state index contributed by atoms with van der Waals surface area (Å²) in [6.07, 6.45) is 5.25. The summed E-state index contributed by atoms with van der Waals surface area (Å²) in [4.78, 5) is 31.7. The fourth-order valence-corrected chi connectivity index (χ4v) is 6.13. The number of anilines is 1. The second-order valence-electron chi connectivity index (χ2n) is 8.42. The van der Waals surface area contributed by atoms with Crippen molar-refractivity contribution in [3.05, 3.63) is 64.2 Å². The third-order valence-electron chi connectivity index (χ3n) is 6.44. The van der Waals surface area contributed by atoms with Gasteiger partial charge in [-0.2, -0.15) is 4.31 Å². The van der Waals surface area contributed by atoms with Gasteiger partial charge in [-0.3, -0.25) is 9.59 Å². The van der Waals surface area contributed by atoms with E-state index in [4.69, 9.17) is 0 Å². The summed E-state index contributed by atoms with van der Waals surface area (Å²) in [6, 6.07) is 10.4. The number of piperidine rings is 1. The van der Waals surface area contributed by atoms with Gasteiger partial charge >= 0.3 is 0 Å². The van der Waals surface area contributed by atoms with Crippen molar-refractivity contribution in [2.45, 2.75) is 37.0 Å². The summed E-state index contributed by atoms with van der Waals surface area (Å²) in [5.74, 6) is -0.455. The van der Waals surface area contributed by atoms with Gasteiger partial charge in [-0.15, -0.1) is 0 Å². The van der Waals surface area contributed by atoms with Crippen molar-refractivity contribution in [3.8, 4) is 0 Å². The molecular formula is C23H24N4O4S. The van der Waals surface area contributed by atoms with Crippen molar-refractivity contribution in [2.24, 2.45) is 5.92 Å². The average molecular weight is 453 g/mol. The number of rotatable bonds is 4. The molecule has 2 aliphatic rings. The van der Waals surface area contributed by atoms with Crippen molar-refractivity contribution in [1.29, 1.82) is 0 Å². The highest BCUT2D eigenvalue weighted by Gasteiger charge is 2.32. The highest BCUT2D eigenvalue weighted by molar-refractivity contribution is 7.89. The molecule has 0 atom stereocenters. The molecule has 0 spiro atoms. The second kappa shape index (κ2) is 8.14. The molecule has 0 saturated carbocycles. The maximum atomic E-state index is 13.1. The zero-order valence-electron chi connectivity index (χ0n) is 17.5. The van der Waals surface area contributed by atoms with Crippen LogP contribution >= 0.6 is 0 Å². The number of hydrogen-bond acceptors (Lipinski definition) is 5. The van der Waals surface area contributed by atoms with Gasteiger partial charge in [0.2, 0.25) is 15.9 Å². The Hall–Kier alpha value is -3.04. The van der Waals surface area contributed by atoms with E-state index in [1.807, 2.05) is 12.1 Å². The van der Waals surface area contributed by atoms with Crippen molar-refractivity contribution < 1.29 is 13.2 Å². The lowest BCUT2D eigenvalue weighted by Gasteiger charge is -2.30. The Bertz CT molecular complexity index is 1360. The molecule has 0 unspecified atom stereocenters. The maximum absolute atomic E-state index is 13.1. The number of nitrogens with zero attached hydrogens (tertiary/aromatic N) is 2. The van der Waals surface area contributed by atoms with E-state index in [2.05, 4.69) is 15.3 Å². The molecule has 8 nitrogen and oxygen atoms in total. The topological polar surface area (TPSA) is 112 Å². The lowest BCUT2D eigenvalue weighted by Crippen LogP contribution is -2.41. The van der Waals surface area contributed by atoms with Gasteiger partial charge in [-0.1, -0.05) is 6.07 Å². The van der Waals surface area contributed by atoms with Crippen LogP contribution in [0.1, 0.15) is 30.4 Å². The molecular weight excluding hydrogens is 428 g/mol. The summed E-state index contributed by atoms with van der Waals surface area (Å²) in [7, 11) is -3.56. The van der Waals surface area contributed by atoms with Crippen LogP contribution in [-0.4, -0.2) is 41.7 Å². The van der Waals surface area contributed by atoms with Crippen molar-refractivity contribution in [1.82, 2.24) is 14.3 Å². The lowest BCUT2D eigenvalue weighted by atomic mass is 9.97. The van der Waals surface area contributed by atoms with Gasteiger partial charge in [0.25, 0.3) is 5.56 Å². The molecule has 2 N–H and O–H groups in total. The van der Waals surface area contributed by atoms with Crippen LogP contribution < -0.4 is 10.9 Å². The molecule has 3 aromatic rings. The molecule has 166 valence electrons. The van der Waals surface area contributed by atoms with E-state index in [0.717, 1.165) is 24.8 Å². The summed E-state index contributed by atoms with van der Waals surface area (Å²) >= 11 is 0. The first-order chi connectivity index (χ1) is 15.4. The molecule has 9 heteroatoms. The van der Waals surface area contributed by atoms with Crippen LogP contribution in [0, 0.1) is 5.92 Å². The van der Waals surface area contributed by atoms with Crippen LogP contribution in [0.15, 0.2) is 52.4 Å². The Morgan fingerprint density at radius 2 is 1.84 bits per heavy atom. The molecule has 5 rings (SSSR count). The molecule has 1 fully saturated rings. The molecule has 2 heterocycles. The standard InChI is InChI=1S/C23H24N4O4S/c28-22(26-18-5-7-21-20(13-18)23(29)25-14-24-21)16-8-10-27(11-9-16)32(30,31)19-6-4-15-2-1-3-17(15)12-19/h4-7,12-14,16H,1-3,8-11H2,(H,26,28)(H,24,25,29). The summed E-state index contributed by atoms with van der Waals surface area (Å²) in [5, 5.41) is 3.26. The molecule has 1 aromatic heterocycles. The number of amides is 1. The van der Waals surface area contributed by atoms with Crippen LogP contribution in [0.5, 0.6) is 0 Å². The first kappa shape index (κ1) is 20.8. The van der Waals surface area contributed by atoms with Crippen molar-refractivity contribution >= 4 is 32.5 Å². The van der Waals surface area contributed by atoms with E-state index in [9.17, 15) is 18.0 Å². The SMILES string of the molecule is O=C(Nc1ccc2nc[nH]c(=O)c2c1)C1CCN(S(=O)(=O)c2ccc3c(c2)CCC3)CC1. The molecule has 2 aromatic carbocycles. The van der Waals surface area contributed by atoms with E-state index in [0.29, 0.717) is 47.4 Å². The quantitative estimate of drug-likeness (QED) is 0.632. The maximum Gasteiger partial charge on any atom is 0.258 e. The third-order valence-corrected chi connectivity index (χ3v) is 8.34. The molecule has 1 aliphatic carbocycles. The number of nitrogens with one attached hydrogen (secondary N) is 2. The monoisotopic (exact) mass is 452 g/mol. The van der Waals surface area contributed by atoms with Crippen LogP contribution in [0.3, 0.4) is 0 Å². The molecule has 0 radical (unpaired) electrons. The number of carbonyl (C=O) groups excluding carboxylic acids is 1. The number of aromatic amines is 1. The number of aryl methyl sites for hydroxylation is 2. The van der Waals surface area contributed by atoms with Gasteiger partial charge in [0.1, 0.15) is 0 Å². The smallest absolute Gasteiger partial charge is 0.258 e. The summed E-state index contributed by atoms with van der Waals surface area (Å²) in [5.41, 5.74) is 3.18. The average Bonchev–Trinajstić information content (AvgIpc) is 3.28. The van der Waals surface area contributed by atoms with Crippen LogP contribution in [-0.2, 0) is 27.7 Å². The number of aromatic nitrogens is 2. The Morgan fingerprint density at radius 1 is 1.06 bits per heavy atom. The largest absolute Gasteiger partial charge is 0.326 e. The highest BCUT2D eigenvalue weighted by Crippen LogP contribution is 2.29. The normalized spacial score (nSPS) is 17.4. The number of fused-ring (bicyclic) bond motifs is 2. The van der Waals surface area contributed by atoms with Gasteiger partial charge in [-0.05, 0) is 73.6 Å². The fraction of sp³-hybridized carbons (Fsp3) is 0.348. The van der Waals surface area contributed by atoms with Gasteiger partial charge < -0.3 is 10.3 Å². The van der Waals surface area contributed by atoms with E-state index in [1.165, 1.54) is 16.2 Å². The predicted octanol–water partition coefficient (Wildman–Crippen LogP) is 2.45. The van der Waals surface area contributed by atoms with Gasteiger partial charge in [-0.25, -0.2) is 13.4 Å². The number of sulfonamides is 1. The predicted molar refractivity (Wildman–Crippen MR) is 121 cm³/mol. The fourth-order valence-electron chi connectivity index (χ4n) is 4.61. The first-order valence-electron chi connectivity index (χ1n) is 10.8. The minimum atomic E-state index is -3.56. The molecule has 1 saturated heterocycles. The first-order valence-corrected chi connectivity index (χ1v) is 12.3. The van der Waals surface area contributed by atoms with Crippen molar-refractivity contribution in [2.75, 3.05) is 18.4 Å². The highest BCUT2D eigenvalue weighted by atomic mass is 32.2. The molecule has 1 aliphatic heterocycles.